The summed E-state index contributed by atoms with van der Waals surface area (Å²) in [5, 5.41) is 20.1. The number of fused-ring (bicyclic) bond motifs is 3. The maximum Gasteiger partial charge on any atom is 0.336 e. The molecule has 0 saturated carbocycles. The van der Waals surface area contributed by atoms with E-state index in [-0.39, 0.29) is 33.3 Å². The molecule has 2 N–H and O–H groups in total. The van der Waals surface area contributed by atoms with E-state index in [2.05, 4.69) is 0 Å². The Morgan fingerprint density at radius 2 is 1.67 bits per heavy atom. The van der Waals surface area contributed by atoms with Crippen molar-refractivity contribution in [3.05, 3.63) is 111 Å². The van der Waals surface area contributed by atoms with E-state index in [9.17, 15) is 19.8 Å². The van der Waals surface area contributed by atoms with Gasteiger partial charge < -0.3 is 14.6 Å². The summed E-state index contributed by atoms with van der Waals surface area (Å²) < 4.78 is 6.18. The van der Waals surface area contributed by atoms with Crippen LogP contribution >= 0.6 is 0 Å². The fourth-order valence-electron chi connectivity index (χ4n) is 4.08. The number of hydrogen-bond acceptors (Lipinski definition) is 4. The molecular formula is C25H16O5. The first-order valence-corrected chi connectivity index (χ1v) is 9.43. The summed E-state index contributed by atoms with van der Waals surface area (Å²) >= 11 is 0. The summed E-state index contributed by atoms with van der Waals surface area (Å²) in [7, 11) is 0. The molecule has 0 fully saturated rings. The van der Waals surface area contributed by atoms with Crippen LogP contribution in [0.5, 0.6) is 5.75 Å². The Kier molecular flexibility index (Phi) is 4.03. The van der Waals surface area contributed by atoms with Gasteiger partial charge in [-0.25, -0.2) is 4.79 Å². The average Bonchev–Trinajstić information content (AvgIpc) is 2.89. The van der Waals surface area contributed by atoms with E-state index in [0.717, 1.165) is 11.1 Å². The Labute approximate surface area is 171 Å². The van der Waals surface area contributed by atoms with Gasteiger partial charge in [0.05, 0.1) is 22.4 Å². The van der Waals surface area contributed by atoms with Crippen molar-refractivity contribution >= 4 is 28.6 Å². The molecule has 1 heterocycles. The Morgan fingerprint density at radius 1 is 0.933 bits per heavy atom. The minimum absolute atomic E-state index is 0.0161. The van der Waals surface area contributed by atoms with Crippen LogP contribution in [0.1, 0.15) is 33.9 Å². The van der Waals surface area contributed by atoms with E-state index in [0.29, 0.717) is 11.3 Å². The van der Waals surface area contributed by atoms with Crippen molar-refractivity contribution in [3.8, 4) is 5.75 Å². The first-order chi connectivity index (χ1) is 14.5. The molecule has 1 aliphatic rings. The summed E-state index contributed by atoms with van der Waals surface area (Å²) in [5.74, 6) is -1.26. The normalized spacial score (nSPS) is 15.1. The second-order valence-electron chi connectivity index (χ2n) is 7.18. The standard InChI is InChI=1S/C25H16O5/c26-15-10-11-18-21(12-15)30-24-20(23(18)27)13-19(25(28)29)16-8-4-5-9-17(16)22(24)14-6-2-1-3-7-14/h1-13,22,26H,(H,28,29). The molecule has 4 aromatic rings. The van der Waals surface area contributed by atoms with Crippen LogP contribution in [0.2, 0.25) is 0 Å². The fourth-order valence-corrected chi connectivity index (χ4v) is 4.08. The highest BCUT2D eigenvalue weighted by Gasteiger charge is 2.32. The van der Waals surface area contributed by atoms with Gasteiger partial charge in [-0.1, -0.05) is 54.6 Å². The van der Waals surface area contributed by atoms with E-state index in [4.69, 9.17) is 4.42 Å². The number of aliphatic carboxylic acids is 1. The summed E-state index contributed by atoms with van der Waals surface area (Å²) in [6.45, 7) is 0. The van der Waals surface area contributed by atoms with Gasteiger partial charge in [0.25, 0.3) is 0 Å². The van der Waals surface area contributed by atoms with Gasteiger partial charge in [0.15, 0.2) is 5.43 Å². The first kappa shape index (κ1) is 17.9. The van der Waals surface area contributed by atoms with Crippen molar-refractivity contribution in [2.75, 3.05) is 0 Å². The predicted octanol–water partition coefficient (Wildman–Crippen LogP) is 4.62. The molecule has 1 unspecified atom stereocenters. The molecule has 0 spiro atoms. The van der Waals surface area contributed by atoms with Crippen molar-refractivity contribution in [2.45, 2.75) is 5.92 Å². The van der Waals surface area contributed by atoms with Crippen LogP contribution in [0.15, 0.2) is 82.0 Å². The number of benzene rings is 3. The van der Waals surface area contributed by atoms with Crippen molar-refractivity contribution in [2.24, 2.45) is 0 Å². The van der Waals surface area contributed by atoms with E-state index >= 15 is 0 Å². The van der Waals surface area contributed by atoms with Crippen LogP contribution in [0.4, 0.5) is 0 Å². The number of carboxylic acid groups (broad SMARTS) is 1. The highest BCUT2D eigenvalue weighted by molar-refractivity contribution is 6.21. The highest BCUT2D eigenvalue weighted by Crippen LogP contribution is 2.42. The van der Waals surface area contributed by atoms with Gasteiger partial charge >= 0.3 is 5.97 Å². The van der Waals surface area contributed by atoms with Gasteiger partial charge in [0.1, 0.15) is 17.1 Å². The minimum atomic E-state index is -1.12. The largest absolute Gasteiger partial charge is 0.508 e. The number of phenols is 1. The molecule has 3 aromatic carbocycles. The van der Waals surface area contributed by atoms with Crippen LogP contribution in [0.25, 0.3) is 22.6 Å². The number of hydrogen-bond donors (Lipinski definition) is 2. The Hall–Kier alpha value is -4.12. The lowest BCUT2D eigenvalue weighted by Gasteiger charge is -2.20. The molecule has 1 aliphatic carbocycles. The second kappa shape index (κ2) is 6.74. The number of aromatic hydroxyl groups is 1. The quantitative estimate of drug-likeness (QED) is 0.516. The van der Waals surface area contributed by atoms with Gasteiger partial charge in [-0.3, -0.25) is 4.79 Å². The average molecular weight is 396 g/mol. The van der Waals surface area contributed by atoms with Gasteiger partial charge in [0, 0.05) is 6.07 Å². The molecular weight excluding hydrogens is 380 g/mol. The number of carbonyl (C=O) groups is 1. The van der Waals surface area contributed by atoms with E-state index in [1.165, 1.54) is 24.3 Å². The van der Waals surface area contributed by atoms with E-state index < -0.39 is 11.9 Å². The monoisotopic (exact) mass is 396 g/mol. The molecule has 0 amide bonds. The van der Waals surface area contributed by atoms with Gasteiger partial charge in [0.2, 0.25) is 0 Å². The molecule has 1 aromatic heterocycles. The molecule has 5 rings (SSSR count). The van der Waals surface area contributed by atoms with Crippen molar-refractivity contribution in [1.82, 2.24) is 0 Å². The lowest BCUT2D eigenvalue weighted by molar-refractivity contribution is -0.130. The summed E-state index contributed by atoms with van der Waals surface area (Å²) in [5.41, 5.74) is 2.30. The van der Waals surface area contributed by atoms with Crippen LogP contribution in [0, 0.1) is 0 Å². The maximum atomic E-state index is 13.4. The third-order valence-corrected chi connectivity index (χ3v) is 5.42. The molecule has 0 saturated heterocycles. The molecule has 5 heteroatoms. The number of rotatable bonds is 2. The molecule has 0 radical (unpaired) electrons. The minimum Gasteiger partial charge on any atom is -0.508 e. The fraction of sp³-hybridized carbons (Fsp3) is 0.0400. The van der Waals surface area contributed by atoms with Gasteiger partial charge in [-0.15, -0.1) is 0 Å². The zero-order valence-electron chi connectivity index (χ0n) is 15.7. The third-order valence-electron chi connectivity index (χ3n) is 5.42. The summed E-state index contributed by atoms with van der Waals surface area (Å²) in [4.78, 5) is 25.5. The third kappa shape index (κ3) is 2.71. The van der Waals surface area contributed by atoms with Crippen LogP contribution in [0.3, 0.4) is 0 Å². The first-order valence-electron chi connectivity index (χ1n) is 9.43. The molecule has 1 atom stereocenters. The lowest BCUT2D eigenvalue weighted by Crippen LogP contribution is -2.13. The summed E-state index contributed by atoms with van der Waals surface area (Å²) in [6.07, 6.45) is 1.40. The Morgan fingerprint density at radius 3 is 2.43 bits per heavy atom. The smallest absolute Gasteiger partial charge is 0.336 e. The predicted molar refractivity (Wildman–Crippen MR) is 113 cm³/mol. The molecule has 0 bridgehead atoms. The van der Waals surface area contributed by atoms with Crippen LogP contribution in [-0.2, 0) is 4.79 Å². The van der Waals surface area contributed by atoms with Crippen molar-refractivity contribution in [1.29, 1.82) is 0 Å². The second-order valence-corrected chi connectivity index (χ2v) is 7.18. The van der Waals surface area contributed by atoms with Gasteiger partial charge in [-0.2, -0.15) is 0 Å². The van der Waals surface area contributed by atoms with Crippen molar-refractivity contribution in [3.63, 3.8) is 0 Å². The summed E-state index contributed by atoms with van der Waals surface area (Å²) in [6, 6.07) is 21.0. The maximum absolute atomic E-state index is 13.4. The van der Waals surface area contributed by atoms with Crippen LogP contribution < -0.4 is 5.43 Å². The van der Waals surface area contributed by atoms with Gasteiger partial charge in [-0.05, 0) is 34.9 Å². The zero-order chi connectivity index (χ0) is 20.8. The van der Waals surface area contributed by atoms with E-state index in [1.54, 1.807) is 12.1 Å². The lowest BCUT2D eigenvalue weighted by atomic mass is 9.85. The van der Waals surface area contributed by atoms with Crippen molar-refractivity contribution < 1.29 is 19.4 Å². The molecule has 30 heavy (non-hydrogen) atoms. The Bertz CT molecular complexity index is 1400. The number of phenolic OH excluding ortho intramolecular Hbond substituents is 1. The molecule has 146 valence electrons. The topological polar surface area (TPSA) is 87.7 Å². The Balaban J connectivity index is 1.96. The highest BCUT2D eigenvalue weighted by atomic mass is 16.4. The zero-order valence-corrected chi connectivity index (χ0v) is 15.7. The van der Waals surface area contributed by atoms with Crippen LogP contribution in [-0.4, -0.2) is 16.2 Å². The molecule has 5 nitrogen and oxygen atoms in total. The number of carboxylic acids is 1. The SMILES string of the molecule is O=C(O)C1=Cc2c(oc3cc(O)ccc3c2=O)C(c2ccccc2)c2ccccc21. The van der Waals surface area contributed by atoms with E-state index in [1.807, 2.05) is 42.5 Å². The molecule has 0 aliphatic heterocycles.